The highest BCUT2D eigenvalue weighted by Gasteiger charge is 2.16. The van der Waals surface area contributed by atoms with E-state index in [-0.39, 0.29) is 11.8 Å². The molecule has 0 aliphatic rings. The topological polar surface area (TPSA) is 64.4 Å². The largest absolute Gasteiger partial charge is 0.495 e. The van der Waals surface area contributed by atoms with Crippen LogP contribution in [0.2, 0.25) is 0 Å². The molecule has 0 aliphatic heterocycles. The Morgan fingerprint density at radius 3 is 2.65 bits per heavy atom. The van der Waals surface area contributed by atoms with Gasteiger partial charge >= 0.3 is 0 Å². The quantitative estimate of drug-likeness (QED) is 0.810. The lowest BCUT2D eigenvalue weighted by molar-refractivity contribution is -0.120. The summed E-state index contributed by atoms with van der Waals surface area (Å²) in [6.45, 7) is 4.32. The molecule has 4 heteroatoms. The van der Waals surface area contributed by atoms with Gasteiger partial charge in [0.2, 0.25) is 5.91 Å². The minimum Gasteiger partial charge on any atom is -0.495 e. The number of nitrogens with two attached hydrogens (primary N) is 1. The highest BCUT2D eigenvalue weighted by atomic mass is 16.5. The van der Waals surface area contributed by atoms with Gasteiger partial charge in [0, 0.05) is 11.5 Å². The summed E-state index contributed by atoms with van der Waals surface area (Å²) in [7, 11) is 1.58. The fraction of sp³-hybridized carbons (Fsp3) is 0.438. The Morgan fingerprint density at radius 2 is 2.10 bits per heavy atom. The molecule has 0 fully saturated rings. The van der Waals surface area contributed by atoms with Gasteiger partial charge in [-0.15, -0.1) is 0 Å². The van der Waals surface area contributed by atoms with Crippen LogP contribution in [-0.4, -0.2) is 19.6 Å². The predicted octanol–water partition coefficient (Wildman–Crippen LogP) is 2.38. The van der Waals surface area contributed by atoms with Gasteiger partial charge in [0.05, 0.1) is 19.3 Å². The van der Waals surface area contributed by atoms with Gasteiger partial charge < -0.3 is 15.8 Å². The lowest BCUT2D eigenvalue weighted by Gasteiger charge is -2.15. The van der Waals surface area contributed by atoms with E-state index in [4.69, 9.17) is 10.5 Å². The summed E-state index contributed by atoms with van der Waals surface area (Å²) in [5.41, 5.74) is 6.81. The average molecular weight is 274 g/mol. The number of carbonyl (C=O) groups is 1. The molecule has 1 aromatic carbocycles. The summed E-state index contributed by atoms with van der Waals surface area (Å²) in [6.07, 6.45) is 1.63. The molecule has 0 atom stereocenters. The first kappa shape index (κ1) is 16.1. The van der Waals surface area contributed by atoms with Crippen LogP contribution < -0.4 is 15.8 Å². The number of nitrogens with one attached hydrogen (secondary N) is 1. The zero-order valence-corrected chi connectivity index (χ0v) is 12.3. The summed E-state index contributed by atoms with van der Waals surface area (Å²) in [5.74, 6) is 6.39. The molecule has 0 spiro atoms. The van der Waals surface area contributed by atoms with Gasteiger partial charge in [-0.25, -0.2) is 0 Å². The Morgan fingerprint density at radius 1 is 1.40 bits per heavy atom. The molecule has 0 radical (unpaired) electrons. The lowest BCUT2D eigenvalue weighted by Crippen LogP contribution is -2.22. The second-order valence-electron chi connectivity index (χ2n) is 4.42. The molecule has 108 valence electrons. The molecule has 0 unspecified atom stereocenters. The number of hydrogen-bond acceptors (Lipinski definition) is 3. The fourth-order valence-corrected chi connectivity index (χ4v) is 1.93. The van der Waals surface area contributed by atoms with Crippen LogP contribution in [0.5, 0.6) is 5.75 Å². The molecule has 1 rings (SSSR count). The van der Waals surface area contributed by atoms with Crippen molar-refractivity contribution in [2.75, 3.05) is 19.0 Å². The third kappa shape index (κ3) is 4.29. The Bertz CT molecular complexity index is 511. The number of rotatable bonds is 5. The first-order valence-electron chi connectivity index (χ1n) is 6.84. The van der Waals surface area contributed by atoms with Crippen molar-refractivity contribution in [1.82, 2.24) is 0 Å². The van der Waals surface area contributed by atoms with Crippen molar-refractivity contribution in [1.29, 1.82) is 0 Å². The molecule has 1 amide bonds. The monoisotopic (exact) mass is 274 g/mol. The molecule has 0 saturated carbocycles. The Labute approximate surface area is 120 Å². The smallest absolute Gasteiger partial charge is 0.227 e. The zero-order chi connectivity index (χ0) is 15.0. The standard InChI is InChI=1S/C16H22N2O2/c1-4-13(5-2)16(19)18-14-11-12(7-6-10-17)8-9-15(14)20-3/h8-9,11,13H,4-5,10,17H2,1-3H3,(H,18,19). The highest BCUT2D eigenvalue weighted by molar-refractivity contribution is 5.94. The summed E-state index contributed by atoms with van der Waals surface area (Å²) in [6, 6.07) is 5.44. The third-order valence-corrected chi connectivity index (χ3v) is 3.15. The number of hydrogen-bond donors (Lipinski definition) is 2. The maximum absolute atomic E-state index is 12.1. The first-order valence-corrected chi connectivity index (χ1v) is 6.84. The van der Waals surface area contributed by atoms with E-state index in [1.54, 1.807) is 13.2 Å². The summed E-state index contributed by atoms with van der Waals surface area (Å²) in [4.78, 5) is 12.1. The maximum atomic E-state index is 12.1. The normalized spacial score (nSPS) is 9.85. The van der Waals surface area contributed by atoms with E-state index >= 15 is 0 Å². The summed E-state index contributed by atoms with van der Waals surface area (Å²) >= 11 is 0. The predicted molar refractivity (Wildman–Crippen MR) is 81.6 cm³/mol. The summed E-state index contributed by atoms with van der Waals surface area (Å²) < 4.78 is 5.27. The second kappa shape index (κ2) is 8.23. The van der Waals surface area contributed by atoms with Gasteiger partial charge in [-0.05, 0) is 31.0 Å². The molecule has 0 saturated heterocycles. The van der Waals surface area contributed by atoms with Crippen LogP contribution in [0.25, 0.3) is 0 Å². The molecule has 1 aromatic rings. The van der Waals surface area contributed by atoms with E-state index in [1.807, 2.05) is 26.0 Å². The number of carbonyl (C=O) groups excluding carboxylic acids is 1. The molecular weight excluding hydrogens is 252 g/mol. The average Bonchev–Trinajstić information content (AvgIpc) is 2.46. The van der Waals surface area contributed by atoms with E-state index in [0.717, 1.165) is 18.4 Å². The molecule has 0 bridgehead atoms. The van der Waals surface area contributed by atoms with Crippen LogP contribution in [0.1, 0.15) is 32.3 Å². The van der Waals surface area contributed by atoms with Crippen LogP contribution in [0, 0.1) is 17.8 Å². The minimum absolute atomic E-state index is 0.0113. The van der Waals surface area contributed by atoms with Gasteiger partial charge in [0.1, 0.15) is 5.75 Å². The molecule has 0 heterocycles. The third-order valence-electron chi connectivity index (χ3n) is 3.15. The van der Waals surface area contributed by atoms with Crippen molar-refractivity contribution in [3.63, 3.8) is 0 Å². The molecule has 0 aromatic heterocycles. The van der Waals surface area contributed by atoms with E-state index in [1.165, 1.54) is 0 Å². The Kier molecular flexibility index (Phi) is 6.61. The Hall–Kier alpha value is -1.99. The van der Waals surface area contributed by atoms with E-state index in [9.17, 15) is 4.79 Å². The van der Waals surface area contributed by atoms with Crippen LogP contribution in [0.15, 0.2) is 18.2 Å². The number of anilines is 1. The van der Waals surface area contributed by atoms with Crippen molar-refractivity contribution in [2.45, 2.75) is 26.7 Å². The van der Waals surface area contributed by atoms with Crippen molar-refractivity contribution >= 4 is 11.6 Å². The van der Waals surface area contributed by atoms with Crippen LogP contribution >= 0.6 is 0 Å². The van der Waals surface area contributed by atoms with Crippen molar-refractivity contribution in [2.24, 2.45) is 11.7 Å². The minimum atomic E-state index is 0.0113. The number of ether oxygens (including phenoxy) is 1. The van der Waals surface area contributed by atoms with Gasteiger partial charge in [-0.3, -0.25) is 4.79 Å². The fourth-order valence-electron chi connectivity index (χ4n) is 1.93. The molecular formula is C16H22N2O2. The Balaban J connectivity index is 2.99. The lowest BCUT2D eigenvalue weighted by atomic mass is 10.0. The van der Waals surface area contributed by atoms with Crippen LogP contribution in [0.3, 0.4) is 0 Å². The van der Waals surface area contributed by atoms with Crippen LogP contribution in [0.4, 0.5) is 5.69 Å². The number of methoxy groups -OCH3 is 1. The first-order chi connectivity index (χ1) is 9.65. The van der Waals surface area contributed by atoms with Crippen molar-refractivity contribution in [3.8, 4) is 17.6 Å². The number of benzene rings is 1. The van der Waals surface area contributed by atoms with E-state index in [0.29, 0.717) is 18.0 Å². The van der Waals surface area contributed by atoms with Crippen molar-refractivity contribution in [3.05, 3.63) is 23.8 Å². The maximum Gasteiger partial charge on any atom is 0.227 e. The van der Waals surface area contributed by atoms with Crippen LogP contribution in [-0.2, 0) is 4.79 Å². The van der Waals surface area contributed by atoms with Gasteiger partial charge in [0.25, 0.3) is 0 Å². The highest BCUT2D eigenvalue weighted by Crippen LogP contribution is 2.26. The van der Waals surface area contributed by atoms with E-state index in [2.05, 4.69) is 17.2 Å². The molecule has 3 N–H and O–H groups in total. The van der Waals surface area contributed by atoms with Gasteiger partial charge in [-0.2, -0.15) is 0 Å². The zero-order valence-electron chi connectivity index (χ0n) is 12.3. The molecule has 4 nitrogen and oxygen atoms in total. The van der Waals surface area contributed by atoms with E-state index < -0.39 is 0 Å². The summed E-state index contributed by atoms with van der Waals surface area (Å²) in [5, 5.41) is 2.92. The SMILES string of the molecule is CCC(CC)C(=O)Nc1cc(C#CCN)ccc1OC. The molecule has 0 aliphatic carbocycles. The number of amides is 1. The molecule has 20 heavy (non-hydrogen) atoms. The van der Waals surface area contributed by atoms with Gasteiger partial charge in [0.15, 0.2) is 0 Å². The van der Waals surface area contributed by atoms with Gasteiger partial charge in [-0.1, -0.05) is 25.7 Å². The van der Waals surface area contributed by atoms with Crippen molar-refractivity contribution < 1.29 is 9.53 Å². The second-order valence-corrected chi connectivity index (χ2v) is 4.42.